The molecule has 1 aliphatic rings. The molecule has 5 rings (SSSR count). The molecule has 3 aromatic carbocycles. The summed E-state index contributed by atoms with van der Waals surface area (Å²) in [6, 6.07) is 18.1. The molecule has 0 spiro atoms. The van der Waals surface area contributed by atoms with Gasteiger partial charge in [0.1, 0.15) is 17.7 Å². The number of ether oxygens (including phenoxy) is 1. The highest BCUT2D eigenvalue weighted by Crippen LogP contribution is 2.45. The third-order valence-corrected chi connectivity index (χ3v) is 6.97. The van der Waals surface area contributed by atoms with Crippen LogP contribution in [0.3, 0.4) is 0 Å². The molecule has 2 atom stereocenters. The van der Waals surface area contributed by atoms with E-state index in [1.165, 1.54) is 17.7 Å². The quantitative estimate of drug-likeness (QED) is 0.349. The zero-order chi connectivity index (χ0) is 24.7. The number of nitrogens with one attached hydrogen (secondary N) is 1. The van der Waals surface area contributed by atoms with E-state index in [9.17, 15) is 9.18 Å². The van der Waals surface area contributed by atoms with E-state index in [4.69, 9.17) is 4.74 Å². The molecule has 1 fully saturated rings. The van der Waals surface area contributed by atoms with Crippen molar-refractivity contribution in [1.82, 2.24) is 15.1 Å². The number of aromatic nitrogens is 2. The number of aryl methyl sites for hydroxylation is 2. The molecule has 1 saturated carbocycles. The lowest BCUT2D eigenvalue weighted by Crippen LogP contribution is -2.42. The van der Waals surface area contributed by atoms with E-state index >= 15 is 0 Å². The molecule has 1 amide bonds. The minimum Gasteiger partial charge on any atom is -0.484 e. The molecule has 4 aromatic rings. The molecule has 1 aliphatic carbocycles. The maximum absolute atomic E-state index is 13.3. The second kappa shape index (κ2) is 8.84. The lowest BCUT2D eigenvalue weighted by atomic mass is 9.96. The Labute approximate surface area is 204 Å². The van der Waals surface area contributed by atoms with E-state index < -0.39 is 0 Å². The van der Waals surface area contributed by atoms with Gasteiger partial charge in [-0.1, -0.05) is 30.7 Å². The van der Waals surface area contributed by atoms with Crippen LogP contribution in [0, 0.1) is 25.1 Å². The largest absolute Gasteiger partial charge is 0.484 e. The van der Waals surface area contributed by atoms with Crippen molar-refractivity contribution in [2.24, 2.45) is 5.41 Å². The molecule has 1 N–H and O–H groups in total. The molecule has 1 heterocycles. The molecule has 1 aromatic heterocycles. The van der Waals surface area contributed by atoms with Crippen LogP contribution < -0.4 is 10.1 Å². The smallest absolute Gasteiger partial charge is 0.226 e. The van der Waals surface area contributed by atoms with Crippen molar-refractivity contribution < 1.29 is 13.9 Å². The van der Waals surface area contributed by atoms with Gasteiger partial charge in [0, 0.05) is 10.8 Å². The van der Waals surface area contributed by atoms with Crippen molar-refractivity contribution >= 4 is 16.8 Å². The van der Waals surface area contributed by atoms with Crippen LogP contribution in [0.5, 0.6) is 5.75 Å². The Kier molecular flexibility index (Phi) is 5.83. The summed E-state index contributed by atoms with van der Waals surface area (Å²) in [6.45, 7) is 8.15. The first-order valence-electron chi connectivity index (χ1n) is 12.0. The first kappa shape index (κ1) is 23.1. The summed E-state index contributed by atoms with van der Waals surface area (Å²) in [7, 11) is 0. The van der Waals surface area contributed by atoms with E-state index in [0.717, 1.165) is 40.6 Å². The van der Waals surface area contributed by atoms with E-state index in [1.807, 2.05) is 32.0 Å². The molecule has 0 radical (unpaired) electrons. The maximum atomic E-state index is 13.3. The number of amides is 1. The van der Waals surface area contributed by atoms with Gasteiger partial charge in [-0.05, 0) is 87.2 Å². The number of hydrogen-bond acceptors (Lipinski definition) is 3. The molecule has 35 heavy (non-hydrogen) atoms. The number of nitrogens with zero attached hydrogens (tertiary/aromatic N) is 2. The summed E-state index contributed by atoms with van der Waals surface area (Å²) in [5.74, 6) is 0.495. The highest BCUT2D eigenvalue weighted by Gasteiger charge is 2.45. The Hall–Kier alpha value is -3.67. The number of carbonyl (C=O) groups is 1. The topological polar surface area (TPSA) is 56.1 Å². The van der Waals surface area contributed by atoms with Gasteiger partial charge in [-0.3, -0.25) is 4.79 Å². The van der Waals surface area contributed by atoms with Crippen molar-refractivity contribution in [3.8, 4) is 11.4 Å². The first-order chi connectivity index (χ1) is 16.7. The zero-order valence-corrected chi connectivity index (χ0v) is 20.5. The van der Waals surface area contributed by atoms with Gasteiger partial charge in [0.05, 0.1) is 23.4 Å². The number of hydrogen-bond donors (Lipinski definition) is 1. The molecule has 0 saturated heterocycles. The van der Waals surface area contributed by atoms with Crippen molar-refractivity contribution in [2.45, 2.75) is 52.7 Å². The Morgan fingerprint density at radius 3 is 2.51 bits per heavy atom. The average Bonchev–Trinajstić information content (AvgIpc) is 3.45. The summed E-state index contributed by atoms with van der Waals surface area (Å²) in [5.41, 5.74) is 4.78. The molecular formula is C29H30FN3O2. The maximum Gasteiger partial charge on any atom is 0.226 e. The fraction of sp³-hybridized carbons (Fsp3) is 0.310. The number of fused-ring (bicyclic) bond motifs is 1. The summed E-state index contributed by atoms with van der Waals surface area (Å²) in [5, 5.41) is 8.60. The minimum absolute atomic E-state index is 0.0828. The van der Waals surface area contributed by atoms with E-state index in [0.29, 0.717) is 5.75 Å². The molecule has 2 unspecified atom stereocenters. The van der Waals surface area contributed by atoms with Gasteiger partial charge in [-0.25, -0.2) is 9.07 Å². The summed E-state index contributed by atoms with van der Waals surface area (Å²) in [4.78, 5) is 12.8. The lowest BCUT2D eigenvalue weighted by molar-refractivity contribution is -0.127. The zero-order valence-electron chi connectivity index (χ0n) is 20.5. The number of rotatable bonds is 7. The van der Waals surface area contributed by atoms with Gasteiger partial charge in [0.2, 0.25) is 5.91 Å². The fourth-order valence-corrected chi connectivity index (χ4v) is 4.47. The molecule has 0 bridgehead atoms. The predicted octanol–water partition coefficient (Wildman–Crippen LogP) is 6.21. The third-order valence-electron chi connectivity index (χ3n) is 6.97. The standard InChI is InChI=1S/C29H30FN3O2/c1-18-5-11-25(19(2)15-18)27(20(3)32-28(34)29(4)13-14-29)35-24-10-12-26-21(16-24)17-31-33(26)23-8-6-22(30)7-9-23/h5-12,15-17,20,27H,13-14H2,1-4H3,(H,32,34). The SMILES string of the molecule is Cc1ccc(C(Oc2ccc3c(cnn3-c3ccc(F)cc3)c2)C(C)NC(=O)C2(C)CC2)c(C)c1. The fourth-order valence-electron chi connectivity index (χ4n) is 4.47. The van der Waals surface area contributed by atoms with E-state index in [1.54, 1.807) is 23.0 Å². The Morgan fingerprint density at radius 2 is 1.83 bits per heavy atom. The van der Waals surface area contributed by atoms with Crippen LogP contribution in [-0.4, -0.2) is 21.7 Å². The predicted molar refractivity (Wildman–Crippen MR) is 135 cm³/mol. The van der Waals surface area contributed by atoms with Crippen molar-refractivity contribution in [1.29, 1.82) is 0 Å². The van der Waals surface area contributed by atoms with Crippen LogP contribution in [-0.2, 0) is 4.79 Å². The molecule has 180 valence electrons. The van der Waals surface area contributed by atoms with Crippen LogP contribution in [0.4, 0.5) is 4.39 Å². The van der Waals surface area contributed by atoms with Crippen molar-refractivity contribution in [3.63, 3.8) is 0 Å². The van der Waals surface area contributed by atoms with E-state index in [2.05, 4.69) is 42.5 Å². The lowest BCUT2D eigenvalue weighted by Gasteiger charge is -2.29. The normalized spacial score (nSPS) is 16.0. The Bertz CT molecular complexity index is 1390. The van der Waals surface area contributed by atoms with Crippen LogP contribution in [0.15, 0.2) is 66.9 Å². The summed E-state index contributed by atoms with van der Waals surface area (Å²) in [6.07, 6.45) is 3.27. The van der Waals surface area contributed by atoms with Gasteiger partial charge >= 0.3 is 0 Å². The monoisotopic (exact) mass is 471 g/mol. The van der Waals surface area contributed by atoms with Gasteiger partial charge in [0.25, 0.3) is 0 Å². The minimum atomic E-state index is -0.355. The first-order valence-corrected chi connectivity index (χ1v) is 12.0. The summed E-state index contributed by atoms with van der Waals surface area (Å²) >= 11 is 0. The van der Waals surface area contributed by atoms with Gasteiger partial charge in [0.15, 0.2) is 0 Å². The Balaban J connectivity index is 1.45. The van der Waals surface area contributed by atoms with Gasteiger partial charge in [-0.2, -0.15) is 5.10 Å². The highest BCUT2D eigenvalue weighted by molar-refractivity contribution is 5.85. The second-order valence-corrected chi connectivity index (χ2v) is 9.97. The van der Waals surface area contributed by atoms with Crippen LogP contribution >= 0.6 is 0 Å². The highest BCUT2D eigenvalue weighted by atomic mass is 19.1. The van der Waals surface area contributed by atoms with Crippen LogP contribution in [0.2, 0.25) is 0 Å². The second-order valence-electron chi connectivity index (χ2n) is 9.97. The molecule has 6 heteroatoms. The summed E-state index contributed by atoms with van der Waals surface area (Å²) < 4.78 is 21.7. The van der Waals surface area contributed by atoms with Crippen LogP contribution in [0.25, 0.3) is 16.6 Å². The van der Waals surface area contributed by atoms with Gasteiger partial charge in [-0.15, -0.1) is 0 Å². The average molecular weight is 472 g/mol. The number of halogens is 1. The van der Waals surface area contributed by atoms with Crippen molar-refractivity contribution in [3.05, 3.63) is 89.4 Å². The number of carbonyl (C=O) groups excluding carboxylic acids is 1. The Morgan fingerprint density at radius 1 is 1.09 bits per heavy atom. The third kappa shape index (κ3) is 4.65. The van der Waals surface area contributed by atoms with Gasteiger partial charge < -0.3 is 10.1 Å². The van der Waals surface area contributed by atoms with Crippen LogP contribution in [0.1, 0.15) is 49.5 Å². The van der Waals surface area contributed by atoms with E-state index in [-0.39, 0.29) is 29.3 Å². The molecule has 5 nitrogen and oxygen atoms in total. The molecular weight excluding hydrogens is 441 g/mol. The van der Waals surface area contributed by atoms with Crippen molar-refractivity contribution in [2.75, 3.05) is 0 Å². The number of benzene rings is 3. The molecule has 0 aliphatic heterocycles.